The molecule has 0 N–H and O–H groups in total. The molecule has 3 heteroatoms. The van der Waals surface area contributed by atoms with Gasteiger partial charge in [0.05, 0.1) is 0 Å². The monoisotopic (exact) mass is 202 g/mol. The van der Waals surface area contributed by atoms with Gasteiger partial charge < -0.3 is 7.58 Å². The molecule has 1 unspecified atom stereocenters. The summed E-state index contributed by atoms with van der Waals surface area (Å²) in [5.74, 6) is 0. The summed E-state index contributed by atoms with van der Waals surface area (Å²) < 4.78 is 12.3. The summed E-state index contributed by atoms with van der Waals surface area (Å²) in [6.07, 6.45) is 1.74. The van der Waals surface area contributed by atoms with E-state index in [1.54, 1.807) is 0 Å². The highest BCUT2D eigenvalue weighted by molar-refractivity contribution is 6.46. The molecule has 78 valence electrons. The molecule has 13 heavy (non-hydrogen) atoms. The summed E-state index contributed by atoms with van der Waals surface area (Å²) in [6.45, 7) is 12.7. The molecular weight excluding hydrogens is 179 g/mol. The quantitative estimate of drug-likeness (QED) is 0.616. The molecule has 0 rings (SSSR count). The van der Waals surface area contributed by atoms with Crippen LogP contribution in [0.2, 0.25) is 4.78 Å². The molecule has 0 radical (unpaired) electrons. The second-order valence-corrected chi connectivity index (χ2v) is 6.54. The van der Waals surface area contributed by atoms with Crippen LogP contribution in [0.1, 0.15) is 48.0 Å². The topological polar surface area (TPSA) is 18.5 Å². The summed E-state index contributed by atoms with van der Waals surface area (Å²) in [5.41, 5.74) is 0. The third kappa shape index (κ3) is 6.51. The zero-order valence-corrected chi connectivity index (χ0v) is 11.0. The first-order valence-electron chi connectivity index (χ1n) is 5.28. The molecule has 0 aromatic heterocycles. The van der Waals surface area contributed by atoms with Crippen LogP contribution in [0.5, 0.6) is 0 Å². The van der Waals surface area contributed by atoms with Crippen LogP contribution in [-0.2, 0) is 7.58 Å². The molecule has 0 bridgehead atoms. The SMILES string of the molecule is CC[CH](C)[Al]([O]C(C)C)[O]C(C)C. The predicted octanol–water partition coefficient (Wildman–Crippen LogP) is 3.12. The average Bonchev–Trinajstić information content (AvgIpc) is 2.00. The lowest BCUT2D eigenvalue weighted by Gasteiger charge is -2.22. The van der Waals surface area contributed by atoms with Gasteiger partial charge in [-0.3, -0.25) is 0 Å². The summed E-state index contributed by atoms with van der Waals surface area (Å²) >= 11 is -1.44. The Morgan fingerprint density at radius 3 is 1.54 bits per heavy atom. The fraction of sp³-hybridized carbons (Fsp3) is 1.00. The van der Waals surface area contributed by atoms with Gasteiger partial charge in [0, 0.05) is 12.2 Å². The van der Waals surface area contributed by atoms with E-state index in [9.17, 15) is 0 Å². The Morgan fingerprint density at radius 1 is 0.923 bits per heavy atom. The second-order valence-electron chi connectivity index (χ2n) is 4.12. The predicted molar refractivity (Wildman–Crippen MR) is 57.9 cm³/mol. The molecule has 0 aliphatic rings. The zero-order chi connectivity index (χ0) is 10.4. The highest BCUT2D eigenvalue weighted by atomic mass is 27.2. The lowest BCUT2D eigenvalue weighted by molar-refractivity contribution is 0.123. The second kappa shape index (κ2) is 6.84. The molecule has 0 saturated carbocycles. The van der Waals surface area contributed by atoms with Crippen molar-refractivity contribution in [3.05, 3.63) is 0 Å². The Kier molecular flexibility index (Phi) is 7.08. The molecule has 1 atom stereocenters. The lowest BCUT2D eigenvalue weighted by atomic mass is 10.4. The summed E-state index contributed by atoms with van der Waals surface area (Å²) in [4.78, 5) is 0. The molecule has 0 spiro atoms. The molecule has 0 aromatic rings. The first kappa shape index (κ1) is 13.5. The van der Waals surface area contributed by atoms with Crippen LogP contribution in [0.3, 0.4) is 0 Å². The van der Waals surface area contributed by atoms with Crippen LogP contribution >= 0.6 is 0 Å². The highest BCUT2D eigenvalue weighted by Crippen LogP contribution is 2.18. The van der Waals surface area contributed by atoms with Gasteiger partial charge >= 0.3 is 14.8 Å². The maximum atomic E-state index is 5.83. The first-order chi connectivity index (χ1) is 5.97. The lowest BCUT2D eigenvalue weighted by Crippen LogP contribution is -2.32. The largest absolute Gasteiger partial charge is 0.678 e. The van der Waals surface area contributed by atoms with E-state index >= 15 is 0 Å². The van der Waals surface area contributed by atoms with Crippen molar-refractivity contribution < 1.29 is 7.58 Å². The van der Waals surface area contributed by atoms with E-state index in [1.165, 1.54) is 0 Å². The van der Waals surface area contributed by atoms with E-state index in [2.05, 4.69) is 41.5 Å². The average molecular weight is 202 g/mol. The van der Waals surface area contributed by atoms with Crippen molar-refractivity contribution in [3.8, 4) is 0 Å². The summed E-state index contributed by atoms with van der Waals surface area (Å²) in [5, 5.41) is 0. The fourth-order valence-corrected chi connectivity index (χ4v) is 3.09. The Balaban J connectivity index is 4.02. The van der Waals surface area contributed by atoms with Crippen LogP contribution in [0.4, 0.5) is 0 Å². The van der Waals surface area contributed by atoms with E-state index < -0.39 is 14.8 Å². The summed E-state index contributed by atoms with van der Waals surface area (Å²) in [6, 6.07) is 0. The molecule has 0 aliphatic heterocycles. The maximum absolute atomic E-state index is 5.83. The van der Waals surface area contributed by atoms with Crippen molar-refractivity contribution in [2.45, 2.75) is 65.0 Å². The maximum Gasteiger partial charge on any atom is 0.678 e. The molecular formula is C10H23AlO2. The third-order valence-electron chi connectivity index (χ3n) is 1.92. The van der Waals surface area contributed by atoms with Crippen molar-refractivity contribution in [2.75, 3.05) is 0 Å². The van der Waals surface area contributed by atoms with Gasteiger partial charge in [0.15, 0.2) is 0 Å². The molecule has 0 saturated heterocycles. The number of rotatable bonds is 6. The smallest absolute Gasteiger partial charge is 0.476 e. The van der Waals surface area contributed by atoms with E-state index in [4.69, 9.17) is 7.58 Å². The van der Waals surface area contributed by atoms with Gasteiger partial charge in [0.2, 0.25) is 0 Å². The number of hydrogen-bond donors (Lipinski definition) is 0. The molecule has 0 amide bonds. The van der Waals surface area contributed by atoms with Crippen molar-refractivity contribution >= 4 is 14.8 Å². The Morgan fingerprint density at radius 2 is 1.31 bits per heavy atom. The van der Waals surface area contributed by atoms with Gasteiger partial charge in [0.25, 0.3) is 0 Å². The van der Waals surface area contributed by atoms with E-state index in [1.807, 2.05) is 0 Å². The van der Waals surface area contributed by atoms with E-state index in [0.717, 1.165) is 6.42 Å². The van der Waals surface area contributed by atoms with Gasteiger partial charge in [-0.2, -0.15) is 0 Å². The van der Waals surface area contributed by atoms with Crippen molar-refractivity contribution in [1.29, 1.82) is 0 Å². The molecule has 0 fully saturated rings. The van der Waals surface area contributed by atoms with Crippen LogP contribution < -0.4 is 0 Å². The van der Waals surface area contributed by atoms with Crippen LogP contribution in [-0.4, -0.2) is 27.0 Å². The normalized spacial score (nSPS) is 13.8. The van der Waals surface area contributed by atoms with E-state index in [-0.39, 0.29) is 0 Å². The van der Waals surface area contributed by atoms with Crippen LogP contribution in [0.15, 0.2) is 0 Å². The minimum Gasteiger partial charge on any atom is -0.476 e. The minimum absolute atomic E-state index is 0.296. The van der Waals surface area contributed by atoms with Gasteiger partial charge in [-0.1, -0.05) is 20.3 Å². The minimum atomic E-state index is -1.44. The van der Waals surface area contributed by atoms with Crippen LogP contribution in [0, 0.1) is 0 Å². The molecule has 0 aliphatic carbocycles. The van der Waals surface area contributed by atoms with Crippen molar-refractivity contribution in [1.82, 2.24) is 0 Å². The highest BCUT2D eigenvalue weighted by Gasteiger charge is 2.33. The van der Waals surface area contributed by atoms with Gasteiger partial charge in [0.1, 0.15) is 0 Å². The van der Waals surface area contributed by atoms with Gasteiger partial charge in [-0.25, -0.2) is 0 Å². The molecule has 2 nitrogen and oxygen atoms in total. The molecule has 0 aromatic carbocycles. The fourth-order valence-electron chi connectivity index (χ4n) is 1.03. The third-order valence-corrected chi connectivity index (χ3v) is 4.95. The zero-order valence-electron chi connectivity index (χ0n) is 9.83. The Bertz CT molecular complexity index is 116. The van der Waals surface area contributed by atoms with Gasteiger partial charge in [-0.15, -0.1) is 0 Å². The van der Waals surface area contributed by atoms with Gasteiger partial charge in [-0.05, 0) is 32.5 Å². The number of hydrogen-bond acceptors (Lipinski definition) is 2. The molecule has 0 heterocycles. The first-order valence-corrected chi connectivity index (χ1v) is 6.89. The standard InChI is InChI=1S/C4H9.2C3H7O.Al/c1-3-4-2;2*1-3(2)4;/h3H,4H2,1-2H3;2*3H,1-2H3;/q;2*-1;+2. The van der Waals surface area contributed by atoms with Crippen molar-refractivity contribution in [3.63, 3.8) is 0 Å². The Hall–Kier alpha value is 0.452. The Labute approximate surface area is 87.7 Å². The summed E-state index contributed by atoms with van der Waals surface area (Å²) in [7, 11) is 0. The van der Waals surface area contributed by atoms with Crippen molar-refractivity contribution in [2.24, 2.45) is 0 Å². The van der Waals surface area contributed by atoms with E-state index in [0.29, 0.717) is 17.0 Å². The van der Waals surface area contributed by atoms with Crippen LogP contribution in [0.25, 0.3) is 0 Å².